The smallest absolute Gasteiger partial charge is 0.330 e. The third kappa shape index (κ3) is 8.16. The van der Waals surface area contributed by atoms with Gasteiger partial charge in [0.05, 0.1) is 24.7 Å². The average Bonchev–Trinajstić information content (AvgIpc) is 2.57. The Kier molecular flexibility index (Phi) is 9.60. The zero-order chi connectivity index (χ0) is 17.1. The van der Waals surface area contributed by atoms with E-state index in [-0.39, 0.29) is 30.1 Å². The van der Waals surface area contributed by atoms with Gasteiger partial charge in [-0.25, -0.2) is 4.79 Å². The first-order valence-corrected chi connectivity index (χ1v) is 8.68. The van der Waals surface area contributed by atoms with E-state index >= 15 is 0 Å². The molecule has 0 heterocycles. The van der Waals surface area contributed by atoms with Gasteiger partial charge in [0.15, 0.2) is 0 Å². The maximum absolute atomic E-state index is 12.0. The summed E-state index contributed by atoms with van der Waals surface area (Å²) >= 11 is 0. The number of rotatable bonds is 10. The van der Waals surface area contributed by atoms with E-state index in [1.807, 2.05) is 13.8 Å². The van der Waals surface area contributed by atoms with E-state index in [0.29, 0.717) is 13.2 Å². The summed E-state index contributed by atoms with van der Waals surface area (Å²) in [7, 11) is 0. The summed E-state index contributed by atoms with van der Waals surface area (Å²) in [5.41, 5.74) is 0. The highest BCUT2D eigenvalue weighted by Gasteiger charge is 2.28. The molecule has 0 saturated heterocycles. The predicted octanol–water partition coefficient (Wildman–Crippen LogP) is 3.41. The monoisotopic (exact) mass is 326 g/mol. The van der Waals surface area contributed by atoms with Crippen molar-refractivity contribution in [2.75, 3.05) is 13.2 Å². The fraction of sp³-hybridized carbons (Fsp3) is 0.778. The number of carbonyl (C=O) groups is 2. The molecule has 132 valence electrons. The van der Waals surface area contributed by atoms with Crippen LogP contribution in [0.4, 0.5) is 0 Å². The lowest BCUT2D eigenvalue weighted by atomic mass is 9.87. The number of hydrogen-bond acceptors (Lipinski definition) is 5. The number of esters is 2. The molecule has 0 spiro atoms. The van der Waals surface area contributed by atoms with Gasteiger partial charge in [0.2, 0.25) is 0 Å². The summed E-state index contributed by atoms with van der Waals surface area (Å²) in [5.74, 6) is -0.405. The van der Waals surface area contributed by atoms with Gasteiger partial charge < -0.3 is 14.2 Å². The summed E-state index contributed by atoms with van der Waals surface area (Å²) in [6.45, 7) is 8.36. The normalized spacial score (nSPS) is 22.2. The fourth-order valence-electron chi connectivity index (χ4n) is 2.53. The molecule has 1 aliphatic rings. The third-order valence-corrected chi connectivity index (χ3v) is 4.20. The minimum atomic E-state index is -0.381. The Labute approximate surface area is 139 Å². The molecule has 1 rings (SSSR count). The Bertz CT molecular complexity index is 372. The largest absolute Gasteiger partial charge is 0.463 e. The lowest BCUT2D eigenvalue weighted by molar-refractivity contribution is -0.155. The fourth-order valence-corrected chi connectivity index (χ4v) is 2.53. The standard InChI is InChI=1S/C18H30O5/c1-4-14(3)23-18(20)15-8-10-16(11-9-15)21-12-6-7-13-22-17(19)5-2/h5,14-16H,2,4,6-13H2,1,3H3. The Morgan fingerprint density at radius 3 is 2.43 bits per heavy atom. The zero-order valence-electron chi connectivity index (χ0n) is 14.4. The lowest BCUT2D eigenvalue weighted by Gasteiger charge is -2.28. The van der Waals surface area contributed by atoms with Crippen molar-refractivity contribution in [1.29, 1.82) is 0 Å². The molecule has 23 heavy (non-hydrogen) atoms. The van der Waals surface area contributed by atoms with Crippen molar-refractivity contribution < 1.29 is 23.8 Å². The molecule has 5 heteroatoms. The van der Waals surface area contributed by atoms with Crippen LogP contribution in [0, 0.1) is 5.92 Å². The molecule has 0 radical (unpaired) electrons. The quantitative estimate of drug-likeness (QED) is 0.350. The van der Waals surface area contributed by atoms with Gasteiger partial charge in [-0.1, -0.05) is 13.5 Å². The molecule has 1 unspecified atom stereocenters. The van der Waals surface area contributed by atoms with Gasteiger partial charge >= 0.3 is 11.9 Å². The average molecular weight is 326 g/mol. The van der Waals surface area contributed by atoms with Gasteiger partial charge in [0.25, 0.3) is 0 Å². The number of carbonyl (C=O) groups excluding carboxylic acids is 2. The van der Waals surface area contributed by atoms with Crippen molar-refractivity contribution >= 4 is 11.9 Å². The van der Waals surface area contributed by atoms with Crippen LogP contribution < -0.4 is 0 Å². The second kappa shape index (κ2) is 11.2. The molecule has 0 aromatic heterocycles. The molecule has 0 amide bonds. The molecule has 1 fully saturated rings. The highest BCUT2D eigenvalue weighted by Crippen LogP contribution is 2.27. The molecule has 1 atom stereocenters. The summed E-state index contributed by atoms with van der Waals surface area (Å²) in [4.78, 5) is 22.8. The first-order valence-electron chi connectivity index (χ1n) is 8.68. The van der Waals surface area contributed by atoms with Crippen LogP contribution >= 0.6 is 0 Å². The van der Waals surface area contributed by atoms with Gasteiger partial charge in [-0.3, -0.25) is 4.79 Å². The summed E-state index contributed by atoms with van der Waals surface area (Å²) in [6, 6.07) is 0. The van der Waals surface area contributed by atoms with Crippen molar-refractivity contribution in [3.8, 4) is 0 Å². The molecule has 5 nitrogen and oxygen atoms in total. The van der Waals surface area contributed by atoms with Crippen LogP contribution in [0.5, 0.6) is 0 Å². The topological polar surface area (TPSA) is 61.8 Å². The van der Waals surface area contributed by atoms with Crippen LogP contribution in [0.3, 0.4) is 0 Å². The minimum Gasteiger partial charge on any atom is -0.463 e. The summed E-state index contributed by atoms with van der Waals surface area (Å²) in [6.07, 6.45) is 7.42. The van der Waals surface area contributed by atoms with E-state index < -0.39 is 0 Å². The van der Waals surface area contributed by atoms with E-state index in [1.54, 1.807) is 0 Å². The summed E-state index contributed by atoms with van der Waals surface area (Å²) in [5, 5.41) is 0. The molecular weight excluding hydrogens is 296 g/mol. The SMILES string of the molecule is C=CC(=O)OCCCCOC1CCC(C(=O)OC(C)CC)CC1. The van der Waals surface area contributed by atoms with E-state index in [2.05, 4.69) is 6.58 Å². The molecule has 0 N–H and O–H groups in total. The van der Waals surface area contributed by atoms with E-state index in [1.165, 1.54) is 6.08 Å². The second-order valence-corrected chi connectivity index (χ2v) is 6.08. The van der Waals surface area contributed by atoms with Crippen molar-refractivity contribution in [2.24, 2.45) is 5.92 Å². The maximum atomic E-state index is 12.0. The number of ether oxygens (including phenoxy) is 3. The first-order chi connectivity index (χ1) is 11.1. The first kappa shape index (κ1) is 19.7. The predicted molar refractivity (Wildman–Crippen MR) is 87.9 cm³/mol. The van der Waals surface area contributed by atoms with E-state index in [9.17, 15) is 9.59 Å². The highest BCUT2D eigenvalue weighted by atomic mass is 16.5. The molecule has 0 aromatic carbocycles. The van der Waals surface area contributed by atoms with Crippen LogP contribution in [0.1, 0.15) is 58.8 Å². The Morgan fingerprint density at radius 2 is 1.83 bits per heavy atom. The minimum absolute atomic E-state index is 0.00617. The molecule has 0 bridgehead atoms. The zero-order valence-corrected chi connectivity index (χ0v) is 14.4. The Morgan fingerprint density at radius 1 is 1.17 bits per heavy atom. The van der Waals surface area contributed by atoms with Crippen LogP contribution in [-0.2, 0) is 23.8 Å². The van der Waals surface area contributed by atoms with Crippen LogP contribution in [0.2, 0.25) is 0 Å². The van der Waals surface area contributed by atoms with Crippen LogP contribution in [0.25, 0.3) is 0 Å². The van der Waals surface area contributed by atoms with E-state index in [0.717, 1.165) is 44.9 Å². The molecular formula is C18H30O5. The highest BCUT2D eigenvalue weighted by molar-refractivity contribution is 5.81. The Balaban J connectivity index is 2.06. The van der Waals surface area contributed by atoms with Gasteiger partial charge in [0.1, 0.15) is 0 Å². The van der Waals surface area contributed by atoms with Gasteiger partial charge in [-0.2, -0.15) is 0 Å². The van der Waals surface area contributed by atoms with Crippen molar-refractivity contribution in [1.82, 2.24) is 0 Å². The molecule has 0 aromatic rings. The lowest BCUT2D eigenvalue weighted by Crippen LogP contribution is -2.29. The summed E-state index contributed by atoms with van der Waals surface area (Å²) < 4.78 is 16.1. The van der Waals surface area contributed by atoms with Crippen molar-refractivity contribution in [2.45, 2.75) is 71.0 Å². The van der Waals surface area contributed by atoms with Gasteiger partial charge in [-0.15, -0.1) is 0 Å². The van der Waals surface area contributed by atoms with Gasteiger partial charge in [-0.05, 0) is 51.9 Å². The Hall–Kier alpha value is -1.36. The third-order valence-electron chi connectivity index (χ3n) is 4.20. The number of hydrogen-bond donors (Lipinski definition) is 0. The van der Waals surface area contributed by atoms with Gasteiger partial charge in [0, 0.05) is 12.7 Å². The molecule has 0 aliphatic heterocycles. The molecule has 1 aliphatic carbocycles. The molecule has 1 saturated carbocycles. The van der Waals surface area contributed by atoms with Crippen LogP contribution in [-0.4, -0.2) is 37.4 Å². The van der Waals surface area contributed by atoms with Crippen molar-refractivity contribution in [3.05, 3.63) is 12.7 Å². The second-order valence-electron chi connectivity index (χ2n) is 6.08. The van der Waals surface area contributed by atoms with E-state index in [4.69, 9.17) is 14.2 Å². The maximum Gasteiger partial charge on any atom is 0.330 e. The van der Waals surface area contributed by atoms with Crippen LogP contribution in [0.15, 0.2) is 12.7 Å². The number of unbranched alkanes of at least 4 members (excludes halogenated alkanes) is 1. The van der Waals surface area contributed by atoms with Crippen molar-refractivity contribution in [3.63, 3.8) is 0 Å².